The number of carboxylic acid groups (broad SMARTS) is 1. The van der Waals surface area contributed by atoms with Gasteiger partial charge in [0.15, 0.2) is 5.82 Å². The molecule has 0 amide bonds. The van der Waals surface area contributed by atoms with E-state index in [0.717, 1.165) is 33.9 Å². The van der Waals surface area contributed by atoms with E-state index in [0.29, 0.717) is 28.0 Å². The number of ether oxygens (including phenoxy) is 2. The maximum Gasteiger partial charge on any atom is 0.342 e. The number of nitrogens with one attached hydrogen (secondary N) is 1. The van der Waals surface area contributed by atoms with Gasteiger partial charge in [0.05, 0.1) is 14.2 Å². The minimum absolute atomic E-state index is 0.123. The van der Waals surface area contributed by atoms with Crippen LogP contribution in [0, 0.1) is 6.92 Å². The number of rotatable bonds is 7. The zero-order valence-electron chi connectivity index (χ0n) is 18.0. The lowest BCUT2D eigenvalue weighted by Gasteiger charge is -2.06. The number of H-pyrrole nitrogens is 1. The van der Waals surface area contributed by atoms with Crippen molar-refractivity contribution in [2.75, 3.05) is 14.2 Å². The SMILES string of the molecule is COc1cc(OC)cc(-c2nc(S/C(=C\c3c(C)n(C)c4ccccc34)C(=O)O)n[nH]2)c1. The topological polar surface area (TPSA) is 102 Å². The van der Waals surface area contributed by atoms with Crippen LogP contribution in [0.4, 0.5) is 0 Å². The third kappa shape index (κ3) is 4.06. The molecule has 8 nitrogen and oxygen atoms in total. The average molecular weight is 451 g/mol. The number of para-hydroxylation sites is 1. The molecule has 164 valence electrons. The van der Waals surface area contributed by atoms with E-state index in [9.17, 15) is 9.90 Å². The number of nitrogens with zero attached hydrogens (tertiary/aromatic N) is 3. The van der Waals surface area contributed by atoms with Crippen molar-refractivity contribution < 1.29 is 19.4 Å². The second kappa shape index (κ2) is 8.80. The highest BCUT2D eigenvalue weighted by atomic mass is 32.2. The van der Waals surface area contributed by atoms with Gasteiger partial charge in [0, 0.05) is 40.8 Å². The molecule has 0 aliphatic heterocycles. The van der Waals surface area contributed by atoms with Crippen LogP contribution in [0.2, 0.25) is 0 Å². The molecule has 9 heteroatoms. The van der Waals surface area contributed by atoms with Gasteiger partial charge in [-0.1, -0.05) is 18.2 Å². The van der Waals surface area contributed by atoms with Gasteiger partial charge in [-0.25, -0.2) is 9.78 Å². The van der Waals surface area contributed by atoms with E-state index >= 15 is 0 Å². The zero-order valence-corrected chi connectivity index (χ0v) is 18.9. The number of aryl methyl sites for hydroxylation is 1. The first-order valence-corrected chi connectivity index (χ1v) is 10.6. The lowest BCUT2D eigenvalue weighted by molar-refractivity contribution is -0.131. The summed E-state index contributed by atoms with van der Waals surface area (Å²) < 4.78 is 12.6. The van der Waals surface area contributed by atoms with E-state index < -0.39 is 5.97 Å². The van der Waals surface area contributed by atoms with Gasteiger partial charge in [-0.3, -0.25) is 5.10 Å². The average Bonchev–Trinajstić information content (AvgIpc) is 3.37. The Morgan fingerprint density at radius 2 is 1.84 bits per heavy atom. The lowest BCUT2D eigenvalue weighted by atomic mass is 10.1. The molecule has 2 aromatic carbocycles. The summed E-state index contributed by atoms with van der Waals surface area (Å²) in [4.78, 5) is 16.6. The molecule has 0 radical (unpaired) electrons. The van der Waals surface area contributed by atoms with Gasteiger partial charge in [-0.15, -0.1) is 5.10 Å². The molecule has 0 fully saturated rings. The molecule has 0 aliphatic carbocycles. The monoisotopic (exact) mass is 450 g/mol. The Morgan fingerprint density at radius 1 is 1.16 bits per heavy atom. The lowest BCUT2D eigenvalue weighted by Crippen LogP contribution is -1.98. The second-order valence-electron chi connectivity index (χ2n) is 7.06. The molecule has 0 aliphatic rings. The molecule has 0 bridgehead atoms. The molecule has 32 heavy (non-hydrogen) atoms. The van der Waals surface area contributed by atoms with Crippen LogP contribution in [-0.4, -0.2) is 45.0 Å². The summed E-state index contributed by atoms with van der Waals surface area (Å²) in [5.74, 6) is 0.664. The van der Waals surface area contributed by atoms with E-state index in [4.69, 9.17) is 9.47 Å². The Labute approximate surface area is 188 Å². The molecule has 0 saturated carbocycles. The number of benzene rings is 2. The van der Waals surface area contributed by atoms with Crippen molar-refractivity contribution >= 4 is 34.7 Å². The number of carbonyl (C=O) groups is 1. The predicted molar refractivity (Wildman–Crippen MR) is 124 cm³/mol. The Balaban J connectivity index is 1.69. The molecular formula is C23H22N4O4S. The highest BCUT2D eigenvalue weighted by molar-refractivity contribution is 8.04. The summed E-state index contributed by atoms with van der Waals surface area (Å²) in [7, 11) is 5.10. The number of fused-ring (bicyclic) bond motifs is 1. The largest absolute Gasteiger partial charge is 0.497 e. The fourth-order valence-corrected chi connectivity index (χ4v) is 4.15. The van der Waals surface area contributed by atoms with Crippen molar-refractivity contribution in [3.63, 3.8) is 0 Å². The summed E-state index contributed by atoms with van der Waals surface area (Å²) in [6.07, 6.45) is 1.68. The molecule has 4 rings (SSSR count). The number of hydrogen-bond donors (Lipinski definition) is 2. The fraction of sp³-hybridized carbons (Fsp3) is 0.174. The van der Waals surface area contributed by atoms with Crippen molar-refractivity contribution in [2.45, 2.75) is 12.1 Å². The summed E-state index contributed by atoms with van der Waals surface area (Å²) in [6.45, 7) is 1.97. The van der Waals surface area contributed by atoms with Crippen LogP contribution in [0.25, 0.3) is 28.4 Å². The Morgan fingerprint density at radius 3 is 2.50 bits per heavy atom. The van der Waals surface area contributed by atoms with Crippen LogP contribution in [0.5, 0.6) is 11.5 Å². The molecule has 0 atom stereocenters. The minimum Gasteiger partial charge on any atom is -0.497 e. The Hall–Kier alpha value is -3.72. The number of aliphatic carboxylic acids is 1. The van der Waals surface area contributed by atoms with Crippen LogP contribution in [-0.2, 0) is 11.8 Å². The van der Waals surface area contributed by atoms with Crippen molar-refractivity contribution in [1.29, 1.82) is 0 Å². The quantitative estimate of drug-likeness (QED) is 0.315. The summed E-state index contributed by atoms with van der Waals surface area (Å²) in [6, 6.07) is 13.3. The van der Waals surface area contributed by atoms with Crippen LogP contribution in [0.3, 0.4) is 0 Å². The van der Waals surface area contributed by atoms with Crippen LogP contribution in [0.1, 0.15) is 11.3 Å². The molecule has 2 heterocycles. The van der Waals surface area contributed by atoms with Crippen molar-refractivity contribution in [2.24, 2.45) is 7.05 Å². The maximum atomic E-state index is 12.0. The summed E-state index contributed by atoms with van der Waals surface area (Å²) in [5.41, 5.74) is 3.59. The third-order valence-corrected chi connectivity index (χ3v) is 6.10. The molecule has 0 unspecified atom stereocenters. The molecule has 2 aromatic heterocycles. The predicted octanol–water partition coefficient (Wildman–Crippen LogP) is 4.51. The molecule has 2 N–H and O–H groups in total. The van der Waals surface area contributed by atoms with Crippen molar-refractivity contribution in [1.82, 2.24) is 19.7 Å². The highest BCUT2D eigenvalue weighted by Crippen LogP contribution is 2.33. The number of carboxylic acids is 1. The molecule has 4 aromatic rings. The van der Waals surface area contributed by atoms with Crippen LogP contribution >= 0.6 is 11.8 Å². The van der Waals surface area contributed by atoms with E-state index in [1.165, 1.54) is 0 Å². The van der Waals surface area contributed by atoms with E-state index in [-0.39, 0.29) is 4.91 Å². The third-order valence-electron chi connectivity index (χ3n) is 5.23. The second-order valence-corrected chi connectivity index (χ2v) is 8.07. The molecular weight excluding hydrogens is 428 g/mol. The van der Waals surface area contributed by atoms with Gasteiger partial charge in [0.2, 0.25) is 5.16 Å². The summed E-state index contributed by atoms with van der Waals surface area (Å²) in [5, 5.41) is 18.2. The molecule has 0 saturated heterocycles. The number of aromatic amines is 1. The van der Waals surface area contributed by atoms with Crippen molar-refractivity contribution in [3.05, 3.63) is 58.6 Å². The van der Waals surface area contributed by atoms with Crippen molar-refractivity contribution in [3.8, 4) is 22.9 Å². The highest BCUT2D eigenvalue weighted by Gasteiger charge is 2.18. The maximum absolute atomic E-state index is 12.0. The number of hydrogen-bond acceptors (Lipinski definition) is 6. The summed E-state index contributed by atoms with van der Waals surface area (Å²) >= 11 is 0.990. The Kier molecular flexibility index (Phi) is 5.91. The molecule has 0 spiro atoms. The van der Waals surface area contributed by atoms with Gasteiger partial charge in [0.25, 0.3) is 0 Å². The van der Waals surface area contributed by atoms with Gasteiger partial charge in [-0.05, 0) is 43.0 Å². The number of thioether (sulfide) groups is 1. The minimum atomic E-state index is -1.04. The van der Waals surface area contributed by atoms with Gasteiger partial charge in [0.1, 0.15) is 16.4 Å². The van der Waals surface area contributed by atoms with Gasteiger partial charge in [-0.2, -0.15) is 0 Å². The zero-order chi connectivity index (χ0) is 22.8. The van der Waals surface area contributed by atoms with Crippen LogP contribution in [0.15, 0.2) is 52.5 Å². The first-order chi connectivity index (χ1) is 15.4. The van der Waals surface area contributed by atoms with E-state index in [1.807, 2.05) is 42.8 Å². The number of methoxy groups -OCH3 is 2. The van der Waals surface area contributed by atoms with E-state index in [1.54, 1.807) is 38.5 Å². The first kappa shape index (κ1) is 21.5. The fourth-order valence-electron chi connectivity index (χ4n) is 3.46. The standard InChI is InChI=1S/C23H22N4O4S/c1-13-18(17-7-5-6-8-19(17)27(13)2)12-20(22(28)29)32-23-24-21(25-26-23)14-9-15(30-3)11-16(10-14)31-4/h5-12H,1-4H3,(H,28,29)(H,24,25,26)/b20-12-. The first-order valence-electron chi connectivity index (χ1n) is 9.74. The smallest absolute Gasteiger partial charge is 0.342 e. The van der Waals surface area contributed by atoms with Gasteiger partial charge < -0.3 is 19.1 Å². The van der Waals surface area contributed by atoms with Crippen LogP contribution < -0.4 is 9.47 Å². The van der Waals surface area contributed by atoms with Gasteiger partial charge >= 0.3 is 5.97 Å². The Bertz CT molecular complexity index is 1320. The normalized spacial score (nSPS) is 11.7. The number of aromatic nitrogens is 4. The van der Waals surface area contributed by atoms with E-state index in [2.05, 4.69) is 15.2 Å².